The third-order valence-corrected chi connectivity index (χ3v) is 5.54. The summed E-state index contributed by atoms with van der Waals surface area (Å²) in [4.78, 5) is 0. The first-order valence-electron chi connectivity index (χ1n) is 9.40. The van der Waals surface area contributed by atoms with Crippen LogP contribution < -0.4 is 15.2 Å². The first kappa shape index (κ1) is 16.5. The summed E-state index contributed by atoms with van der Waals surface area (Å²) in [6.07, 6.45) is 2.19. The van der Waals surface area contributed by atoms with Gasteiger partial charge in [0.15, 0.2) is 11.5 Å². The Labute approximate surface area is 158 Å². The van der Waals surface area contributed by atoms with Crippen molar-refractivity contribution in [3.05, 3.63) is 65.7 Å². The van der Waals surface area contributed by atoms with Gasteiger partial charge in [-0.3, -0.25) is 0 Å². The molecule has 1 fully saturated rings. The van der Waals surface area contributed by atoms with E-state index >= 15 is 0 Å². The van der Waals surface area contributed by atoms with Crippen molar-refractivity contribution in [3.8, 4) is 11.5 Å². The summed E-state index contributed by atoms with van der Waals surface area (Å²) in [7, 11) is 0. The molecule has 1 unspecified atom stereocenters. The summed E-state index contributed by atoms with van der Waals surface area (Å²) < 4.78 is 12.9. The Kier molecular flexibility index (Phi) is 3.29. The van der Waals surface area contributed by atoms with Gasteiger partial charge in [-0.25, -0.2) is 0 Å². The Morgan fingerprint density at radius 3 is 2.11 bits per heavy atom. The first-order valence-corrected chi connectivity index (χ1v) is 9.40. The van der Waals surface area contributed by atoms with Gasteiger partial charge in [-0.2, -0.15) is 0 Å². The maximum absolute atomic E-state index is 10.4. The van der Waals surface area contributed by atoms with Gasteiger partial charge in [0.1, 0.15) is 0 Å². The van der Waals surface area contributed by atoms with E-state index < -0.39 is 11.4 Å². The zero-order valence-corrected chi connectivity index (χ0v) is 15.5. The van der Waals surface area contributed by atoms with E-state index in [-0.39, 0.29) is 0 Å². The third kappa shape index (κ3) is 2.55. The van der Waals surface area contributed by atoms with Crippen molar-refractivity contribution in [3.63, 3.8) is 0 Å². The molecule has 0 radical (unpaired) electrons. The average molecular weight is 361 g/mol. The molecule has 138 valence electrons. The molecule has 0 spiro atoms. The van der Waals surface area contributed by atoms with Crippen molar-refractivity contribution in [2.24, 2.45) is 5.92 Å². The minimum atomic E-state index is -1.00. The SMILES string of the molecule is CC(C)(O)c1cc2cc3c(cc2cc1N)OC(c1ccccc1)(C1CC1)O3. The molecule has 0 amide bonds. The number of ether oxygens (including phenoxy) is 2. The molecule has 4 nitrogen and oxygen atoms in total. The Balaban J connectivity index is 1.63. The molecular formula is C23H23NO3. The number of nitrogen functional groups attached to an aromatic ring is 1. The van der Waals surface area contributed by atoms with Gasteiger partial charge in [0.2, 0.25) is 0 Å². The number of fused-ring (bicyclic) bond motifs is 2. The summed E-state index contributed by atoms with van der Waals surface area (Å²) in [5, 5.41) is 12.3. The van der Waals surface area contributed by atoms with E-state index in [0.29, 0.717) is 17.2 Å². The van der Waals surface area contributed by atoms with Gasteiger partial charge in [0.25, 0.3) is 5.79 Å². The lowest BCUT2D eigenvalue weighted by Crippen LogP contribution is -2.37. The van der Waals surface area contributed by atoms with Crippen LogP contribution in [0.5, 0.6) is 11.5 Å². The van der Waals surface area contributed by atoms with Crippen molar-refractivity contribution in [1.29, 1.82) is 0 Å². The summed E-state index contributed by atoms with van der Waals surface area (Å²) in [5.74, 6) is 1.09. The van der Waals surface area contributed by atoms with Crippen LogP contribution in [0, 0.1) is 5.92 Å². The number of rotatable bonds is 3. The van der Waals surface area contributed by atoms with Gasteiger partial charge in [-0.1, -0.05) is 30.3 Å². The smallest absolute Gasteiger partial charge is 0.281 e. The Morgan fingerprint density at radius 2 is 1.56 bits per heavy atom. The van der Waals surface area contributed by atoms with E-state index in [1.807, 2.05) is 42.5 Å². The van der Waals surface area contributed by atoms with E-state index in [4.69, 9.17) is 15.2 Å². The van der Waals surface area contributed by atoms with Crippen LogP contribution in [0.2, 0.25) is 0 Å². The highest BCUT2D eigenvalue weighted by atomic mass is 16.7. The minimum Gasteiger partial charge on any atom is -0.444 e. The zero-order valence-electron chi connectivity index (χ0n) is 15.5. The molecule has 1 aliphatic carbocycles. The summed E-state index contributed by atoms with van der Waals surface area (Å²) in [6, 6.07) is 18.0. The number of hydrogen-bond donors (Lipinski definition) is 2. The molecule has 2 aliphatic rings. The monoisotopic (exact) mass is 361 g/mol. The van der Waals surface area contributed by atoms with Crippen LogP contribution in [0.3, 0.4) is 0 Å². The zero-order chi connectivity index (χ0) is 18.8. The van der Waals surface area contributed by atoms with E-state index in [0.717, 1.165) is 40.7 Å². The minimum absolute atomic E-state index is 0.354. The van der Waals surface area contributed by atoms with E-state index in [2.05, 4.69) is 12.1 Å². The summed E-state index contributed by atoms with van der Waals surface area (Å²) in [6.45, 7) is 3.48. The summed E-state index contributed by atoms with van der Waals surface area (Å²) >= 11 is 0. The van der Waals surface area contributed by atoms with Crippen molar-refractivity contribution in [2.45, 2.75) is 38.1 Å². The molecule has 0 saturated heterocycles. The van der Waals surface area contributed by atoms with Crippen molar-refractivity contribution < 1.29 is 14.6 Å². The normalized spacial score (nSPS) is 21.6. The molecule has 27 heavy (non-hydrogen) atoms. The molecule has 1 aliphatic heterocycles. The molecule has 3 N–H and O–H groups in total. The number of anilines is 1. The molecule has 3 aromatic rings. The lowest BCUT2D eigenvalue weighted by molar-refractivity contribution is -0.106. The second kappa shape index (κ2) is 5.40. The Morgan fingerprint density at radius 1 is 0.963 bits per heavy atom. The second-order valence-electron chi connectivity index (χ2n) is 8.16. The molecule has 5 rings (SSSR count). The van der Waals surface area contributed by atoms with Gasteiger partial charge in [-0.05, 0) is 61.7 Å². The van der Waals surface area contributed by atoms with Crippen LogP contribution in [-0.4, -0.2) is 5.11 Å². The van der Waals surface area contributed by atoms with E-state index in [9.17, 15) is 5.11 Å². The van der Waals surface area contributed by atoms with Crippen molar-refractivity contribution in [2.75, 3.05) is 5.73 Å². The average Bonchev–Trinajstić information content (AvgIpc) is 3.41. The molecule has 4 heteroatoms. The maximum atomic E-state index is 10.4. The van der Waals surface area contributed by atoms with E-state index in [1.54, 1.807) is 13.8 Å². The van der Waals surface area contributed by atoms with Gasteiger partial charge >= 0.3 is 0 Å². The molecule has 1 saturated carbocycles. The standard InChI is InChI=1S/C23H23NO3/c1-22(2,25)18-10-14-12-20-21(13-15(14)11-19(18)24)27-23(26-20,17-8-9-17)16-6-4-3-5-7-16/h3-7,10-13,17,25H,8-9,24H2,1-2H3. The maximum Gasteiger partial charge on any atom is 0.281 e. The predicted molar refractivity (Wildman–Crippen MR) is 106 cm³/mol. The molecule has 1 atom stereocenters. The highest BCUT2D eigenvalue weighted by Gasteiger charge is 2.55. The number of benzene rings is 3. The van der Waals surface area contributed by atoms with Gasteiger partial charge in [0.05, 0.1) is 5.60 Å². The molecule has 1 heterocycles. The highest BCUT2D eigenvalue weighted by Crippen LogP contribution is 2.56. The van der Waals surface area contributed by atoms with Crippen LogP contribution in [0.1, 0.15) is 37.8 Å². The lowest BCUT2D eigenvalue weighted by atomic mass is 9.93. The van der Waals surface area contributed by atoms with Crippen LogP contribution in [0.15, 0.2) is 54.6 Å². The van der Waals surface area contributed by atoms with Crippen molar-refractivity contribution in [1.82, 2.24) is 0 Å². The molecule has 3 aromatic carbocycles. The van der Waals surface area contributed by atoms with Crippen LogP contribution in [-0.2, 0) is 11.4 Å². The Bertz CT molecular complexity index is 1030. The number of nitrogens with two attached hydrogens (primary N) is 1. The molecule has 0 aromatic heterocycles. The fourth-order valence-corrected chi connectivity index (χ4v) is 4.02. The predicted octanol–water partition coefficient (Wildman–Crippen LogP) is 4.68. The van der Waals surface area contributed by atoms with Gasteiger partial charge in [0, 0.05) is 22.7 Å². The topological polar surface area (TPSA) is 64.7 Å². The van der Waals surface area contributed by atoms with Crippen molar-refractivity contribution >= 4 is 16.5 Å². The largest absolute Gasteiger partial charge is 0.444 e. The fraction of sp³-hybridized carbons (Fsp3) is 0.304. The quantitative estimate of drug-likeness (QED) is 0.665. The van der Waals surface area contributed by atoms with Crippen LogP contribution in [0.25, 0.3) is 10.8 Å². The molecule has 0 bridgehead atoms. The van der Waals surface area contributed by atoms with Crippen LogP contribution >= 0.6 is 0 Å². The highest BCUT2D eigenvalue weighted by molar-refractivity contribution is 5.90. The fourth-order valence-electron chi connectivity index (χ4n) is 4.02. The van der Waals surface area contributed by atoms with Gasteiger partial charge in [-0.15, -0.1) is 0 Å². The van der Waals surface area contributed by atoms with Gasteiger partial charge < -0.3 is 20.3 Å². The molecular weight excluding hydrogens is 338 g/mol. The number of aliphatic hydroxyl groups is 1. The second-order valence-corrected chi connectivity index (χ2v) is 8.16. The summed E-state index contributed by atoms with van der Waals surface area (Å²) in [5.41, 5.74) is 7.52. The Hall–Kier alpha value is -2.72. The number of hydrogen-bond acceptors (Lipinski definition) is 4. The van der Waals surface area contributed by atoms with E-state index in [1.165, 1.54) is 0 Å². The first-order chi connectivity index (χ1) is 12.9. The lowest BCUT2D eigenvalue weighted by Gasteiger charge is -2.28. The van der Waals surface area contributed by atoms with Crippen LogP contribution in [0.4, 0.5) is 5.69 Å². The third-order valence-electron chi connectivity index (χ3n) is 5.54.